The molecule has 1 fully saturated rings. The van der Waals surface area contributed by atoms with Gasteiger partial charge in [0.1, 0.15) is 11.6 Å². The van der Waals surface area contributed by atoms with Crippen LogP contribution in [-0.4, -0.2) is 43.4 Å². The van der Waals surface area contributed by atoms with Crippen LogP contribution in [0.1, 0.15) is 23.2 Å². The summed E-state index contributed by atoms with van der Waals surface area (Å²) in [5.41, 5.74) is -0.166. The molecule has 0 aliphatic carbocycles. The van der Waals surface area contributed by atoms with Crippen LogP contribution in [-0.2, 0) is 0 Å². The highest BCUT2D eigenvalue weighted by Gasteiger charge is 2.21. The number of Topliss-reactive ketones (excluding diaryl/α,β-unsaturated/α-hetero) is 1. The standard InChI is InChI=1S/C14H18F2N2O/c1-18(11-4-6-17-7-5-11)9-14(19)12-8-10(15)2-3-13(12)16/h2-3,8,11,17H,4-7,9H2,1H3. The molecule has 1 saturated heterocycles. The number of piperidine rings is 1. The van der Waals surface area contributed by atoms with E-state index >= 15 is 0 Å². The maximum absolute atomic E-state index is 13.5. The second kappa shape index (κ2) is 6.21. The minimum Gasteiger partial charge on any atom is -0.317 e. The van der Waals surface area contributed by atoms with Gasteiger partial charge in [0, 0.05) is 6.04 Å². The van der Waals surface area contributed by atoms with Gasteiger partial charge in [-0.25, -0.2) is 8.78 Å². The maximum atomic E-state index is 13.5. The number of benzene rings is 1. The molecule has 1 N–H and O–H groups in total. The van der Waals surface area contributed by atoms with Crippen molar-refractivity contribution < 1.29 is 13.6 Å². The fraction of sp³-hybridized carbons (Fsp3) is 0.500. The average Bonchev–Trinajstić information content (AvgIpc) is 2.42. The molecule has 0 atom stereocenters. The zero-order chi connectivity index (χ0) is 13.8. The number of halogens is 2. The van der Waals surface area contributed by atoms with Crippen molar-refractivity contribution in [2.75, 3.05) is 26.7 Å². The van der Waals surface area contributed by atoms with Crippen LogP contribution in [0.5, 0.6) is 0 Å². The zero-order valence-corrected chi connectivity index (χ0v) is 11.0. The van der Waals surface area contributed by atoms with E-state index in [1.54, 1.807) is 0 Å². The minimum atomic E-state index is -0.662. The predicted molar refractivity (Wildman–Crippen MR) is 69.2 cm³/mol. The summed E-state index contributed by atoms with van der Waals surface area (Å²) in [5, 5.41) is 3.25. The van der Waals surface area contributed by atoms with Crippen molar-refractivity contribution in [1.29, 1.82) is 0 Å². The van der Waals surface area contributed by atoms with Crippen LogP contribution in [0.15, 0.2) is 18.2 Å². The van der Waals surface area contributed by atoms with Gasteiger partial charge in [-0.2, -0.15) is 0 Å². The molecule has 0 saturated carbocycles. The van der Waals surface area contributed by atoms with Gasteiger partial charge in [-0.1, -0.05) is 0 Å². The molecule has 3 nitrogen and oxygen atoms in total. The number of rotatable bonds is 4. The molecule has 0 radical (unpaired) electrons. The molecule has 1 aromatic rings. The van der Waals surface area contributed by atoms with Gasteiger partial charge in [0.05, 0.1) is 12.1 Å². The van der Waals surface area contributed by atoms with Crippen LogP contribution >= 0.6 is 0 Å². The number of nitrogens with one attached hydrogen (secondary N) is 1. The van der Waals surface area contributed by atoms with Crippen LogP contribution in [0.4, 0.5) is 8.78 Å². The first kappa shape index (κ1) is 14.1. The molecule has 1 aliphatic heterocycles. The number of carbonyl (C=O) groups is 1. The first-order chi connectivity index (χ1) is 9.08. The number of hydrogen-bond acceptors (Lipinski definition) is 3. The van der Waals surface area contributed by atoms with E-state index in [4.69, 9.17) is 0 Å². The zero-order valence-electron chi connectivity index (χ0n) is 11.0. The third-order valence-corrected chi connectivity index (χ3v) is 3.55. The summed E-state index contributed by atoms with van der Waals surface area (Å²) in [6.45, 7) is 1.97. The van der Waals surface area contributed by atoms with Gasteiger partial charge in [-0.15, -0.1) is 0 Å². The highest BCUT2D eigenvalue weighted by molar-refractivity contribution is 5.97. The fourth-order valence-electron chi connectivity index (χ4n) is 2.40. The van der Waals surface area contributed by atoms with E-state index in [-0.39, 0.29) is 17.9 Å². The molecule has 1 aromatic carbocycles. The Balaban J connectivity index is 2.01. The van der Waals surface area contributed by atoms with Crippen LogP contribution in [0.3, 0.4) is 0 Å². The van der Waals surface area contributed by atoms with Crippen molar-refractivity contribution in [1.82, 2.24) is 10.2 Å². The largest absolute Gasteiger partial charge is 0.317 e. The smallest absolute Gasteiger partial charge is 0.179 e. The maximum Gasteiger partial charge on any atom is 0.179 e. The van der Waals surface area contributed by atoms with Gasteiger partial charge in [0.15, 0.2) is 5.78 Å². The summed E-state index contributed by atoms with van der Waals surface area (Å²) in [7, 11) is 1.85. The monoisotopic (exact) mass is 268 g/mol. The summed E-state index contributed by atoms with van der Waals surface area (Å²) in [5.74, 6) is -1.63. The van der Waals surface area contributed by atoms with Crippen LogP contribution in [0, 0.1) is 11.6 Å². The molecule has 5 heteroatoms. The first-order valence-electron chi connectivity index (χ1n) is 6.47. The highest BCUT2D eigenvalue weighted by Crippen LogP contribution is 2.14. The quantitative estimate of drug-likeness (QED) is 0.846. The van der Waals surface area contributed by atoms with Gasteiger partial charge in [-0.3, -0.25) is 9.69 Å². The van der Waals surface area contributed by atoms with Crippen LogP contribution in [0.25, 0.3) is 0 Å². The third-order valence-electron chi connectivity index (χ3n) is 3.55. The number of likely N-dealkylation sites (N-methyl/N-ethyl adjacent to an activating group) is 1. The number of nitrogens with zero attached hydrogens (tertiary/aromatic N) is 1. The Morgan fingerprint density at radius 1 is 1.37 bits per heavy atom. The lowest BCUT2D eigenvalue weighted by atomic mass is 10.0. The van der Waals surface area contributed by atoms with Crippen molar-refractivity contribution in [2.45, 2.75) is 18.9 Å². The Kier molecular flexibility index (Phi) is 4.61. The Morgan fingerprint density at radius 3 is 2.74 bits per heavy atom. The Bertz CT molecular complexity index is 459. The molecule has 1 heterocycles. The van der Waals surface area contributed by atoms with E-state index in [1.807, 2.05) is 11.9 Å². The third kappa shape index (κ3) is 3.58. The molecule has 0 unspecified atom stereocenters. The van der Waals surface area contributed by atoms with E-state index in [2.05, 4.69) is 5.32 Å². The van der Waals surface area contributed by atoms with E-state index in [0.29, 0.717) is 6.04 Å². The van der Waals surface area contributed by atoms with Gasteiger partial charge >= 0.3 is 0 Å². The number of carbonyl (C=O) groups excluding carboxylic acids is 1. The summed E-state index contributed by atoms with van der Waals surface area (Å²) in [6.07, 6.45) is 1.94. The highest BCUT2D eigenvalue weighted by atomic mass is 19.1. The summed E-state index contributed by atoms with van der Waals surface area (Å²) < 4.78 is 26.6. The molecule has 0 bridgehead atoms. The second-order valence-corrected chi connectivity index (χ2v) is 4.94. The molecular weight excluding hydrogens is 250 g/mol. The Hall–Kier alpha value is -1.33. The fourth-order valence-corrected chi connectivity index (χ4v) is 2.40. The Labute approximate surface area is 111 Å². The first-order valence-corrected chi connectivity index (χ1v) is 6.47. The van der Waals surface area contributed by atoms with E-state index in [0.717, 1.165) is 44.1 Å². The number of ketones is 1. The molecule has 2 rings (SSSR count). The average molecular weight is 268 g/mol. The van der Waals surface area contributed by atoms with Crippen LogP contribution in [0.2, 0.25) is 0 Å². The topological polar surface area (TPSA) is 32.3 Å². The minimum absolute atomic E-state index is 0.116. The van der Waals surface area contributed by atoms with Crippen LogP contribution < -0.4 is 5.32 Å². The van der Waals surface area contributed by atoms with Gasteiger partial charge in [0.25, 0.3) is 0 Å². The summed E-state index contributed by atoms with van der Waals surface area (Å²) >= 11 is 0. The molecular formula is C14H18F2N2O. The lowest BCUT2D eigenvalue weighted by Gasteiger charge is -2.31. The molecule has 19 heavy (non-hydrogen) atoms. The predicted octanol–water partition coefficient (Wildman–Crippen LogP) is 1.83. The van der Waals surface area contributed by atoms with E-state index < -0.39 is 11.6 Å². The SMILES string of the molecule is CN(CC(=O)c1cc(F)ccc1F)C1CCNCC1. The van der Waals surface area contributed by atoms with E-state index in [1.165, 1.54) is 0 Å². The molecule has 104 valence electrons. The molecule has 0 spiro atoms. The molecule has 0 amide bonds. The molecule has 1 aliphatic rings. The summed E-state index contributed by atoms with van der Waals surface area (Å²) in [4.78, 5) is 13.9. The second-order valence-electron chi connectivity index (χ2n) is 4.94. The van der Waals surface area contributed by atoms with E-state index in [9.17, 15) is 13.6 Å². The lowest BCUT2D eigenvalue weighted by molar-refractivity contribution is 0.0899. The molecule has 0 aromatic heterocycles. The van der Waals surface area contributed by atoms with Gasteiger partial charge in [0.2, 0.25) is 0 Å². The van der Waals surface area contributed by atoms with Crippen molar-refractivity contribution >= 4 is 5.78 Å². The van der Waals surface area contributed by atoms with Gasteiger partial charge in [-0.05, 0) is 51.2 Å². The van der Waals surface area contributed by atoms with Crippen molar-refractivity contribution in [3.8, 4) is 0 Å². The summed E-state index contributed by atoms with van der Waals surface area (Å²) in [6, 6.07) is 3.30. The number of hydrogen-bond donors (Lipinski definition) is 1. The van der Waals surface area contributed by atoms with Crippen molar-refractivity contribution in [3.63, 3.8) is 0 Å². The van der Waals surface area contributed by atoms with Crippen molar-refractivity contribution in [3.05, 3.63) is 35.4 Å². The van der Waals surface area contributed by atoms with Gasteiger partial charge < -0.3 is 5.32 Å². The van der Waals surface area contributed by atoms with Crippen molar-refractivity contribution in [2.24, 2.45) is 0 Å². The normalized spacial score (nSPS) is 16.8. The lowest BCUT2D eigenvalue weighted by Crippen LogP contribution is -2.43. The Morgan fingerprint density at radius 2 is 2.05 bits per heavy atom.